The minimum atomic E-state index is 0. The standard InChI is InChI=1S/C27H28N6O.C20H21N5.2CH4/c1-34-21-12-10-20(11-13-21)32-16-14-31(15-17-32)19-27-30-24-8-4-5-9-25(24)33(27)18-26-28-22-6-2-3-7-23(22)29-26;1-2-8-16-15(7-1)21-19(22-16)13-25-18-10-4-3-9-17(18)23-20(25)14-24-11-5-6-12-24;;/h2-13H,14-19H2,1H3,(H,28,29);1-4,7-10H,5-6,11-14H2,(H,21,22);2*1H4. The lowest BCUT2D eigenvalue weighted by Gasteiger charge is -2.36. The molecule has 9 aromatic rings. The van der Waals surface area contributed by atoms with Crippen LogP contribution >= 0.6 is 0 Å². The summed E-state index contributed by atoms with van der Waals surface area (Å²) in [7, 11) is 1.70. The number of para-hydroxylation sites is 8. The topological polar surface area (TPSA) is 112 Å². The number of aromatic nitrogens is 8. The SMILES string of the molecule is C.C.COc1ccc(N2CCN(Cc3nc4ccccc4n3Cc3nc4ccccc4[nH]3)CC2)cc1.c1ccc2[nH]c(Cn3c(CN4CCCC4)nc4ccccc43)nc2c1. The van der Waals surface area contributed by atoms with Crippen molar-refractivity contribution in [2.24, 2.45) is 0 Å². The summed E-state index contributed by atoms with van der Waals surface area (Å²) in [5.41, 5.74) is 9.84. The van der Waals surface area contributed by atoms with Crippen molar-refractivity contribution in [3.63, 3.8) is 0 Å². The lowest BCUT2D eigenvalue weighted by atomic mass is 10.2. The molecule has 2 aliphatic rings. The molecule has 4 aromatic heterocycles. The molecule has 12 heteroatoms. The Labute approximate surface area is 357 Å². The van der Waals surface area contributed by atoms with E-state index in [0.29, 0.717) is 6.54 Å². The van der Waals surface area contributed by atoms with Crippen LogP contribution in [0.15, 0.2) is 121 Å². The summed E-state index contributed by atoms with van der Waals surface area (Å²) in [5, 5.41) is 0. The van der Waals surface area contributed by atoms with E-state index in [1.807, 2.05) is 48.5 Å². The van der Waals surface area contributed by atoms with Gasteiger partial charge in [-0.05, 0) is 98.7 Å². The molecular formula is C49H57N11O. The normalized spacial score (nSPS) is 14.6. The molecule has 0 aliphatic carbocycles. The van der Waals surface area contributed by atoms with Crippen LogP contribution in [-0.4, -0.2) is 95.2 Å². The fraction of sp³-hybridized carbons (Fsp3) is 0.306. The molecule has 0 unspecified atom stereocenters. The minimum Gasteiger partial charge on any atom is -0.497 e. The Bertz CT molecular complexity index is 2750. The van der Waals surface area contributed by atoms with Crippen molar-refractivity contribution in [3.05, 3.63) is 145 Å². The number of nitrogens with zero attached hydrogens (tertiary/aromatic N) is 9. The molecule has 0 spiro atoms. The van der Waals surface area contributed by atoms with E-state index < -0.39 is 0 Å². The van der Waals surface area contributed by atoms with Gasteiger partial charge < -0.3 is 28.7 Å². The van der Waals surface area contributed by atoms with E-state index in [1.54, 1.807) is 7.11 Å². The average Bonchev–Trinajstić information content (AvgIpc) is 4.13. The van der Waals surface area contributed by atoms with Crippen LogP contribution in [0.5, 0.6) is 5.75 Å². The summed E-state index contributed by atoms with van der Waals surface area (Å²) in [6.07, 6.45) is 2.59. The van der Waals surface area contributed by atoms with Crippen molar-refractivity contribution in [3.8, 4) is 5.75 Å². The van der Waals surface area contributed by atoms with Gasteiger partial charge in [-0.2, -0.15) is 0 Å². The summed E-state index contributed by atoms with van der Waals surface area (Å²) in [6, 6.07) is 41.5. The molecule has 2 saturated heterocycles. The molecule has 5 aromatic carbocycles. The highest BCUT2D eigenvalue weighted by Crippen LogP contribution is 2.25. The molecule has 0 bridgehead atoms. The number of benzene rings is 5. The zero-order valence-electron chi connectivity index (χ0n) is 33.5. The largest absolute Gasteiger partial charge is 0.497 e. The lowest BCUT2D eigenvalue weighted by molar-refractivity contribution is 0.241. The van der Waals surface area contributed by atoms with Gasteiger partial charge >= 0.3 is 0 Å². The van der Waals surface area contributed by atoms with Crippen molar-refractivity contribution in [1.29, 1.82) is 0 Å². The van der Waals surface area contributed by atoms with E-state index in [9.17, 15) is 0 Å². The first-order valence-corrected chi connectivity index (χ1v) is 20.7. The van der Waals surface area contributed by atoms with Gasteiger partial charge in [-0.1, -0.05) is 63.4 Å². The van der Waals surface area contributed by atoms with Crippen molar-refractivity contribution in [2.45, 2.75) is 53.9 Å². The number of nitrogens with one attached hydrogen (secondary N) is 2. The Hall–Kier alpha value is -6.50. The highest BCUT2D eigenvalue weighted by atomic mass is 16.5. The van der Waals surface area contributed by atoms with Crippen LogP contribution in [0.4, 0.5) is 5.69 Å². The Balaban J connectivity index is 0.000000170. The number of ether oxygens (including phenoxy) is 1. The van der Waals surface area contributed by atoms with Crippen LogP contribution in [-0.2, 0) is 26.2 Å². The molecule has 314 valence electrons. The van der Waals surface area contributed by atoms with E-state index in [0.717, 1.165) is 113 Å². The van der Waals surface area contributed by atoms with Gasteiger partial charge in [-0.25, -0.2) is 19.9 Å². The first kappa shape index (κ1) is 41.2. The second kappa shape index (κ2) is 18.4. The number of H-pyrrole nitrogens is 2. The smallest absolute Gasteiger partial charge is 0.127 e. The van der Waals surface area contributed by atoms with Crippen molar-refractivity contribution >= 4 is 49.8 Å². The van der Waals surface area contributed by atoms with Gasteiger partial charge in [0.15, 0.2) is 0 Å². The number of methoxy groups -OCH3 is 1. The summed E-state index contributed by atoms with van der Waals surface area (Å²) < 4.78 is 9.91. The molecule has 11 rings (SSSR count). The molecular weight excluding hydrogens is 759 g/mol. The molecule has 6 heterocycles. The van der Waals surface area contributed by atoms with E-state index in [1.165, 1.54) is 37.1 Å². The van der Waals surface area contributed by atoms with Gasteiger partial charge in [0.05, 0.1) is 77.4 Å². The molecule has 0 amide bonds. The second-order valence-corrected chi connectivity index (χ2v) is 15.6. The molecule has 2 aliphatic heterocycles. The third kappa shape index (κ3) is 8.87. The van der Waals surface area contributed by atoms with E-state index in [2.05, 4.69) is 107 Å². The quantitative estimate of drug-likeness (QED) is 0.141. The minimum absolute atomic E-state index is 0. The fourth-order valence-electron chi connectivity index (χ4n) is 8.60. The third-order valence-electron chi connectivity index (χ3n) is 11.7. The van der Waals surface area contributed by atoms with E-state index in [-0.39, 0.29) is 14.9 Å². The number of aromatic amines is 2. The number of piperazine rings is 1. The monoisotopic (exact) mass is 815 g/mol. The zero-order chi connectivity index (χ0) is 39.5. The first-order chi connectivity index (χ1) is 29.1. The molecule has 12 nitrogen and oxygen atoms in total. The van der Waals surface area contributed by atoms with Crippen LogP contribution in [0.25, 0.3) is 44.1 Å². The number of hydrogen-bond acceptors (Lipinski definition) is 8. The predicted octanol–water partition coefficient (Wildman–Crippen LogP) is 9.12. The Morgan fingerprint density at radius 2 is 0.918 bits per heavy atom. The van der Waals surface area contributed by atoms with Crippen molar-refractivity contribution in [1.82, 2.24) is 48.8 Å². The Kier molecular flexibility index (Phi) is 12.4. The van der Waals surface area contributed by atoms with E-state index >= 15 is 0 Å². The Morgan fingerprint density at radius 3 is 1.39 bits per heavy atom. The maximum Gasteiger partial charge on any atom is 0.127 e. The Morgan fingerprint density at radius 1 is 0.475 bits per heavy atom. The second-order valence-electron chi connectivity index (χ2n) is 15.6. The van der Waals surface area contributed by atoms with Crippen LogP contribution in [0.1, 0.15) is 51.0 Å². The van der Waals surface area contributed by atoms with Crippen LogP contribution in [0.3, 0.4) is 0 Å². The lowest BCUT2D eigenvalue weighted by Crippen LogP contribution is -2.46. The maximum atomic E-state index is 5.29. The number of likely N-dealkylation sites (tertiary alicyclic amines) is 1. The van der Waals surface area contributed by atoms with Crippen LogP contribution in [0.2, 0.25) is 0 Å². The van der Waals surface area contributed by atoms with Gasteiger partial charge in [0, 0.05) is 31.9 Å². The zero-order valence-corrected chi connectivity index (χ0v) is 33.5. The number of imidazole rings is 4. The summed E-state index contributed by atoms with van der Waals surface area (Å²) >= 11 is 0. The highest BCUT2D eigenvalue weighted by Gasteiger charge is 2.22. The van der Waals surface area contributed by atoms with Crippen molar-refractivity contribution in [2.75, 3.05) is 51.3 Å². The number of rotatable bonds is 10. The molecule has 0 saturated carbocycles. The molecule has 61 heavy (non-hydrogen) atoms. The van der Waals surface area contributed by atoms with Gasteiger partial charge in [-0.3, -0.25) is 9.80 Å². The molecule has 2 N–H and O–H groups in total. The van der Waals surface area contributed by atoms with Crippen LogP contribution < -0.4 is 9.64 Å². The summed E-state index contributed by atoms with van der Waals surface area (Å²) in [5.74, 6) is 5.04. The molecule has 0 radical (unpaired) electrons. The van der Waals surface area contributed by atoms with Gasteiger partial charge in [0.1, 0.15) is 29.0 Å². The number of anilines is 1. The maximum absolute atomic E-state index is 5.29. The van der Waals surface area contributed by atoms with Crippen molar-refractivity contribution < 1.29 is 4.74 Å². The van der Waals surface area contributed by atoms with Gasteiger partial charge in [0.2, 0.25) is 0 Å². The highest BCUT2D eigenvalue weighted by molar-refractivity contribution is 5.78. The molecule has 0 atom stereocenters. The average molecular weight is 816 g/mol. The fourth-order valence-corrected chi connectivity index (χ4v) is 8.60. The summed E-state index contributed by atoms with van der Waals surface area (Å²) in [6.45, 7) is 9.47. The summed E-state index contributed by atoms with van der Waals surface area (Å²) in [4.78, 5) is 33.8. The molecule has 2 fully saturated rings. The third-order valence-corrected chi connectivity index (χ3v) is 11.7. The van der Waals surface area contributed by atoms with E-state index in [4.69, 9.17) is 24.7 Å². The predicted molar refractivity (Wildman–Crippen MR) is 248 cm³/mol. The van der Waals surface area contributed by atoms with Gasteiger partial charge in [-0.15, -0.1) is 0 Å². The first-order valence-electron chi connectivity index (χ1n) is 20.7. The van der Waals surface area contributed by atoms with Crippen LogP contribution in [0, 0.1) is 0 Å². The number of hydrogen-bond donors (Lipinski definition) is 2. The number of fused-ring (bicyclic) bond motifs is 4. The van der Waals surface area contributed by atoms with Gasteiger partial charge in [0.25, 0.3) is 0 Å².